The molecule has 5 nitrogen and oxygen atoms in total. The number of anilines is 1. The minimum absolute atomic E-state index is 0.441. The van der Waals surface area contributed by atoms with Gasteiger partial charge in [-0.25, -0.2) is 5.01 Å². The molecule has 0 fully saturated rings. The Labute approximate surface area is 207 Å². The first-order valence-electron chi connectivity index (χ1n) is 12.0. The average Bonchev–Trinajstić information content (AvgIpc) is 2.92. The van der Waals surface area contributed by atoms with Gasteiger partial charge in [0.1, 0.15) is 6.04 Å². The topological polar surface area (TPSA) is 61.9 Å². The molecule has 0 saturated carbocycles. The Morgan fingerprint density at radius 2 is 1.20 bits per heavy atom. The van der Waals surface area contributed by atoms with Gasteiger partial charge in [0.05, 0.1) is 0 Å². The van der Waals surface area contributed by atoms with Crippen molar-refractivity contribution in [2.24, 2.45) is 11.0 Å². The van der Waals surface area contributed by atoms with Crippen LogP contribution in [0.5, 0.6) is 0 Å². The third-order valence-corrected chi connectivity index (χ3v) is 6.14. The molecule has 0 heterocycles. The molecule has 0 saturated heterocycles. The Morgan fingerprint density at radius 3 is 1.77 bits per heavy atom. The van der Waals surface area contributed by atoms with E-state index < -0.39 is 6.04 Å². The molecule has 0 radical (unpaired) electrons. The molecule has 0 amide bonds. The zero-order chi connectivity index (χ0) is 24.3. The summed E-state index contributed by atoms with van der Waals surface area (Å²) < 4.78 is 0. The quantitative estimate of drug-likeness (QED) is 0.156. The van der Waals surface area contributed by atoms with Crippen LogP contribution in [0.4, 0.5) is 5.69 Å². The Kier molecular flexibility index (Phi) is 8.76. The molecule has 1 atom stereocenters. The maximum absolute atomic E-state index is 11.8. The van der Waals surface area contributed by atoms with Crippen LogP contribution in [0.15, 0.2) is 120 Å². The van der Waals surface area contributed by atoms with Crippen LogP contribution in [0.2, 0.25) is 0 Å². The minimum Gasteiger partial charge on any atom is -0.365 e. The molecule has 1 unspecified atom stereocenters. The summed E-state index contributed by atoms with van der Waals surface area (Å²) in [6.07, 6.45) is 0.866. The summed E-state index contributed by atoms with van der Waals surface area (Å²) in [6.45, 7) is 2.71. The Balaban J connectivity index is 1.44. The molecule has 2 N–H and O–H groups in total. The normalized spacial score (nSPS) is 11.8. The molecule has 4 rings (SSSR count). The number of nitrogens with zero attached hydrogens (tertiary/aromatic N) is 3. The van der Waals surface area contributed by atoms with E-state index in [0.29, 0.717) is 13.1 Å². The van der Waals surface area contributed by atoms with E-state index in [9.17, 15) is 4.91 Å². The summed E-state index contributed by atoms with van der Waals surface area (Å²) in [5.41, 5.74) is 5.62. The molecule has 0 bridgehead atoms. The van der Waals surface area contributed by atoms with E-state index in [0.717, 1.165) is 30.8 Å². The van der Waals surface area contributed by atoms with Crippen molar-refractivity contribution in [1.29, 1.82) is 0 Å². The lowest BCUT2D eigenvalue weighted by Crippen LogP contribution is -2.32. The lowest BCUT2D eigenvalue weighted by Gasteiger charge is -2.27. The molecule has 178 valence electrons. The molecule has 5 heteroatoms. The highest BCUT2D eigenvalue weighted by atomic mass is 16.3. The predicted molar refractivity (Wildman–Crippen MR) is 144 cm³/mol. The molecule has 0 aliphatic rings. The minimum atomic E-state index is -0.441. The molecular weight excluding hydrogens is 432 g/mol. The third kappa shape index (κ3) is 7.34. The number of nitroso groups, excluding NO2 is 1. The number of benzene rings is 4. The summed E-state index contributed by atoms with van der Waals surface area (Å²) in [6, 6.07) is 38.4. The molecular formula is C30H32N4O. The van der Waals surface area contributed by atoms with Crippen molar-refractivity contribution in [2.75, 3.05) is 18.0 Å². The van der Waals surface area contributed by atoms with Crippen LogP contribution in [-0.4, -0.2) is 18.1 Å². The monoisotopic (exact) mass is 464 g/mol. The number of rotatable bonds is 12. The van der Waals surface area contributed by atoms with Crippen molar-refractivity contribution in [3.8, 4) is 0 Å². The molecule has 0 spiro atoms. The van der Waals surface area contributed by atoms with E-state index in [2.05, 4.69) is 58.6 Å². The Bertz CT molecular complexity index is 1150. The van der Waals surface area contributed by atoms with Gasteiger partial charge in [-0.05, 0) is 40.8 Å². The maximum atomic E-state index is 11.8. The highest BCUT2D eigenvalue weighted by Crippen LogP contribution is 2.25. The van der Waals surface area contributed by atoms with Gasteiger partial charge in [0.25, 0.3) is 0 Å². The summed E-state index contributed by atoms with van der Waals surface area (Å²) in [4.78, 5) is 14.0. The highest BCUT2D eigenvalue weighted by molar-refractivity contribution is 5.49. The van der Waals surface area contributed by atoms with E-state index >= 15 is 0 Å². The van der Waals surface area contributed by atoms with E-state index in [-0.39, 0.29) is 0 Å². The first kappa shape index (κ1) is 24.3. The number of hydrazine groups is 1. The number of nitrogens with two attached hydrogens (primary N) is 1. The Morgan fingerprint density at radius 1 is 0.657 bits per heavy atom. The van der Waals surface area contributed by atoms with Crippen LogP contribution >= 0.6 is 0 Å². The average molecular weight is 465 g/mol. The van der Waals surface area contributed by atoms with Gasteiger partial charge in [0.15, 0.2) is 0 Å². The number of hydrogen-bond acceptors (Lipinski definition) is 5. The zero-order valence-corrected chi connectivity index (χ0v) is 19.9. The van der Waals surface area contributed by atoms with Crippen molar-refractivity contribution < 1.29 is 0 Å². The van der Waals surface area contributed by atoms with Gasteiger partial charge in [-0.15, -0.1) is 0 Å². The fourth-order valence-electron chi connectivity index (χ4n) is 4.19. The first-order chi connectivity index (χ1) is 17.2. The largest absolute Gasteiger partial charge is 0.365 e. The fraction of sp³-hybridized carbons (Fsp3) is 0.200. The lowest BCUT2D eigenvalue weighted by molar-refractivity contribution is 0.278. The molecule has 0 aliphatic heterocycles. The van der Waals surface area contributed by atoms with Gasteiger partial charge in [-0.1, -0.05) is 108 Å². The fourth-order valence-corrected chi connectivity index (χ4v) is 4.19. The lowest BCUT2D eigenvalue weighted by atomic mass is 10.1. The summed E-state index contributed by atoms with van der Waals surface area (Å²) in [5, 5.41) is 5.31. The van der Waals surface area contributed by atoms with Gasteiger partial charge >= 0.3 is 0 Å². The summed E-state index contributed by atoms with van der Waals surface area (Å²) in [7, 11) is 0. The standard InChI is InChI=1S/C30H32N4O/c31-34(23-27-12-6-2-7-13-27)21-20-25-16-18-29(19-17-25)33(22-26-10-4-1-5-11-26)24-30(32-35)28-14-8-3-9-15-28/h1-19,30H,20-24,31H2. The Hall–Kier alpha value is -3.80. The summed E-state index contributed by atoms with van der Waals surface area (Å²) >= 11 is 0. The maximum Gasteiger partial charge on any atom is 0.134 e. The van der Waals surface area contributed by atoms with E-state index in [1.165, 1.54) is 16.7 Å². The number of hydrogen-bond donors (Lipinski definition) is 1. The van der Waals surface area contributed by atoms with E-state index in [1.54, 1.807) is 0 Å². The second kappa shape index (κ2) is 12.6. The molecule has 0 aliphatic carbocycles. The third-order valence-electron chi connectivity index (χ3n) is 6.14. The smallest absolute Gasteiger partial charge is 0.134 e. The predicted octanol–water partition coefficient (Wildman–Crippen LogP) is 6.12. The molecule has 35 heavy (non-hydrogen) atoms. The van der Waals surface area contributed by atoms with Crippen molar-refractivity contribution in [1.82, 2.24) is 5.01 Å². The van der Waals surface area contributed by atoms with Gasteiger partial charge < -0.3 is 4.90 Å². The first-order valence-corrected chi connectivity index (χ1v) is 12.0. The van der Waals surface area contributed by atoms with Crippen LogP contribution in [0.3, 0.4) is 0 Å². The van der Waals surface area contributed by atoms with E-state index in [1.807, 2.05) is 71.7 Å². The van der Waals surface area contributed by atoms with Crippen LogP contribution in [0.1, 0.15) is 28.3 Å². The van der Waals surface area contributed by atoms with Crippen LogP contribution in [-0.2, 0) is 19.5 Å². The van der Waals surface area contributed by atoms with Crippen molar-refractivity contribution in [3.05, 3.63) is 142 Å². The summed E-state index contributed by atoms with van der Waals surface area (Å²) in [5.74, 6) is 6.23. The highest BCUT2D eigenvalue weighted by Gasteiger charge is 2.18. The van der Waals surface area contributed by atoms with Crippen molar-refractivity contribution >= 4 is 5.69 Å². The second-order valence-electron chi connectivity index (χ2n) is 8.77. The van der Waals surface area contributed by atoms with Crippen LogP contribution in [0.25, 0.3) is 0 Å². The van der Waals surface area contributed by atoms with E-state index in [4.69, 9.17) is 5.84 Å². The van der Waals surface area contributed by atoms with Crippen LogP contribution in [0, 0.1) is 4.91 Å². The van der Waals surface area contributed by atoms with Gasteiger partial charge in [0, 0.05) is 31.9 Å². The molecule has 4 aromatic carbocycles. The van der Waals surface area contributed by atoms with Crippen LogP contribution < -0.4 is 10.7 Å². The zero-order valence-electron chi connectivity index (χ0n) is 19.9. The second-order valence-corrected chi connectivity index (χ2v) is 8.77. The van der Waals surface area contributed by atoms with Gasteiger partial charge in [0.2, 0.25) is 0 Å². The SMILES string of the molecule is NN(CCc1ccc(N(Cc2ccccc2)CC(N=O)c2ccccc2)cc1)Cc1ccccc1. The van der Waals surface area contributed by atoms with Gasteiger partial charge in [-0.3, -0.25) is 5.84 Å². The van der Waals surface area contributed by atoms with Crippen molar-refractivity contribution in [3.63, 3.8) is 0 Å². The molecule has 4 aromatic rings. The molecule has 0 aromatic heterocycles. The van der Waals surface area contributed by atoms with Crippen molar-refractivity contribution in [2.45, 2.75) is 25.6 Å². The van der Waals surface area contributed by atoms with Gasteiger partial charge in [-0.2, -0.15) is 4.91 Å².